The van der Waals surface area contributed by atoms with Gasteiger partial charge in [0, 0.05) is 10.0 Å². The van der Waals surface area contributed by atoms with E-state index in [1.165, 1.54) is 11.1 Å². The summed E-state index contributed by atoms with van der Waals surface area (Å²) in [5.74, 6) is 2.56. The monoisotopic (exact) mass is 352 g/mol. The molecule has 0 amide bonds. The molecule has 2 aromatic carbocycles. The first-order valence-electron chi connectivity index (χ1n) is 6.64. The molecule has 0 aliphatic rings. The largest absolute Gasteiger partial charge is 0.457 e. The highest BCUT2D eigenvalue weighted by atomic mass is 79.9. The molecule has 0 atom stereocenters. The highest BCUT2D eigenvalue weighted by Crippen LogP contribution is 2.34. The Balaban J connectivity index is 2.39. The summed E-state index contributed by atoms with van der Waals surface area (Å²) in [6.07, 6.45) is 0. The quantitative estimate of drug-likeness (QED) is 0.577. The van der Waals surface area contributed by atoms with E-state index in [9.17, 15) is 0 Å². The number of ether oxygens (including phenoxy) is 1. The maximum absolute atomic E-state index is 6.10. The van der Waals surface area contributed by atoms with Crippen molar-refractivity contribution < 1.29 is 4.74 Å². The Hall–Kier alpha value is -0.990. The number of alkyl halides is 1. The molecule has 0 heterocycles. The van der Waals surface area contributed by atoms with E-state index in [0.29, 0.717) is 11.8 Å². The Labute approximate surface area is 134 Å². The minimum Gasteiger partial charge on any atom is -0.457 e. The lowest BCUT2D eigenvalue weighted by molar-refractivity contribution is 0.469. The molecule has 1 nitrogen and oxygen atoms in total. The first-order chi connectivity index (χ1) is 9.51. The predicted molar refractivity (Wildman–Crippen MR) is 89.0 cm³/mol. The summed E-state index contributed by atoms with van der Waals surface area (Å²) in [4.78, 5) is 0. The smallest absolute Gasteiger partial charge is 0.131 e. The van der Waals surface area contributed by atoms with E-state index >= 15 is 0 Å². The standard InChI is InChI=1S/C17H18BrClO/c1-11(2)15-9-14(18)5-7-17(15)20-16-6-4-12(3)8-13(16)10-19/h4-9,11H,10H2,1-3H3. The Kier molecular flexibility index (Phi) is 5.11. The maximum Gasteiger partial charge on any atom is 0.131 e. The maximum atomic E-state index is 6.10. The SMILES string of the molecule is Cc1ccc(Oc2ccc(Br)cc2C(C)C)c(CCl)c1. The summed E-state index contributed by atoms with van der Waals surface area (Å²) >= 11 is 9.52. The van der Waals surface area contributed by atoms with Crippen molar-refractivity contribution in [3.8, 4) is 11.5 Å². The normalized spacial score (nSPS) is 10.9. The summed E-state index contributed by atoms with van der Waals surface area (Å²) in [6, 6.07) is 12.2. The van der Waals surface area contributed by atoms with Crippen LogP contribution < -0.4 is 4.74 Å². The van der Waals surface area contributed by atoms with Crippen LogP contribution in [0.15, 0.2) is 40.9 Å². The van der Waals surface area contributed by atoms with Crippen molar-refractivity contribution in [1.29, 1.82) is 0 Å². The number of hydrogen-bond acceptors (Lipinski definition) is 1. The van der Waals surface area contributed by atoms with Crippen LogP contribution in [-0.4, -0.2) is 0 Å². The van der Waals surface area contributed by atoms with Gasteiger partial charge in [-0.2, -0.15) is 0 Å². The molecule has 0 radical (unpaired) electrons. The lowest BCUT2D eigenvalue weighted by Crippen LogP contribution is -1.96. The average molecular weight is 354 g/mol. The van der Waals surface area contributed by atoms with Crippen molar-refractivity contribution in [2.75, 3.05) is 0 Å². The Morgan fingerprint density at radius 3 is 2.45 bits per heavy atom. The minimum absolute atomic E-state index is 0.396. The van der Waals surface area contributed by atoms with E-state index in [1.54, 1.807) is 0 Å². The third kappa shape index (κ3) is 3.56. The van der Waals surface area contributed by atoms with Gasteiger partial charge in [0.15, 0.2) is 0 Å². The van der Waals surface area contributed by atoms with Crippen LogP contribution in [-0.2, 0) is 5.88 Å². The second-order valence-corrected chi connectivity index (χ2v) is 6.37. The zero-order valence-electron chi connectivity index (χ0n) is 11.9. The second-order valence-electron chi connectivity index (χ2n) is 5.18. The average Bonchev–Trinajstić information content (AvgIpc) is 2.42. The van der Waals surface area contributed by atoms with Crippen molar-refractivity contribution in [3.63, 3.8) is 0 Å². The van der Waals surface area contributed by atoms with Crippen molar-refractivity contribution in [2.45, 2.75) is 32.6 Å². The van der Waals surface area contributed by atoms with Gasteiger partial charge in [0.1, 0.15) is 11.5 Å². The van der Waals surface area contributed by atoms with Gasteiger partial charge in [-0.25, -0.2) is 0 Å². The molecule has 0 unspecified atom stereocenters. The molecular formula is C17H18BrClO. The Bertz CT molecular complexity index is 608. The van der Waals surface area contributed by atoms with Gasteiger partial charge in [-0.15, -0.1) is 11.6 Å². The Morgan fingerprint density at radius 1 is 1.10 bits per heavy atom. The molecule has 0 bridgehead atoms. The third-order valence-corrected chi connectivity index (χ3v) is 3.95. The van der Waals surface area contributed by atoms with E-state index in [0.717, 1.165) is 21.5 Å². The van der Waals surface area contributed by atoms with Gasteiger partial charge in [0.2, 0.25) is 0 Å². The molecule has 0 aliphatic carbocycles. The third-order valence-electron chi connectivity index (χ3n) is 3.17. The van der Waals surface area contributed by atoms with Gasteiger partial charge in [-0.1, -0.05) is 47.5 Å². The summed E-state index contributed by atoms with van der Waals surface area (Å²) < 4.78 is 7.16. The van der Waals surface area contributed by atoms with Gasteiger partial charge in [-0.05, 0) is 42.7 Å². The van der Waals surface area contributed by atoms with Crippen LogP contribution in [0.3, 0.4) is 0 Å². The van der Waals surface area contributed by atoms with Crippen LogP contribution in [0.4, 0.5) is 0 Å². The van der Waals surface area contributed by atoms with Gasteiger partial charge >= 0.3 is 0 Å². The van der Waals surface area contributed by atoms with Crippen molar-refractivity contribution >= 4 is 27.5 Å². The van der Waals surface area contributed by atoms with E-state index in [2.05, 4.69) is 48.8 Å². The van der Waals surface area contributed by atoms with E-state index < -0.39 is 0 Å². The number of hydrogen-bond donors (Lipinski definition) is 0. The lowest BCUT2D eigenvalue weighted by Gasteiger charge is -2.16. The molecule has 0 spiro atoms. The van der Waals surface area contributed by atoms with Gasteiger partial charge in [-0.3, -0.25) is 0 Å². The highest BCUT2D eigenvalue weighted by Gasteiger charge is 2.11. The molecule has 0 fully saturated rings. The van der Waals surface area contributed by atoms with Crippen molar-refractivity contribution in [2.24, 2.45) is 0 Å². The number of benzene rings is 2. The van der Waals surface area contributed by atoms with Crippen LogP contribution in [0, 0.1) is 6.92 Å². The van der Waals surface area contributed by atoms with Gasteiger partial charge in [0.25, 0.3) is 0 Å². The zero-order valence-corrected chi connectivity index (χ0v) is 14.3. The van der Waals surface area contributed by atoms with Crippen LogP contribution in [0.1, 0.15) is 36.5 Å². The predicted octanol–water partition coefficient (Wildman–Crippen LogP) is 6.41. The molecular weight excluding hydrogens is 336 g/mol. The molecule has 0 N–H and O–H groups in total. The van der Waals surface area contributed by atoms with Gasteiger partial charge in [0.05, 0.1) is 5.88 Å². The van der Waals surface area contributed by atoms with E-state index in [1.807, 2.05) is 24.3 Å². The molecule has 106 valence electrons. The summed E-state index contributed by atoms with van der Waals surface area (Å²) in [5.41, 5.74) is 3.39. The summed E-state index contributed by atoms with van der Waals surface area (Å²) in [7, 11) is 0. The molecule has 0 aliphatic heterocycles. The van der Waals surface area contributed by atoms with Crippen LogP contribution in [0.2, 0.25) is 0 Å². The molecule has 0 saturated heterocycles. The Morgan fingerprint density at radius 2 is 1.80 bits per heavy atom. The molecule has 20 heavy (non-hydrogen) atoms. The number of halogens is 2. The summed E-state index contributed by atoms with van der Waals surface area (Å²) in [5, 5.41) is 0. The second kappa shape index (κ2) is 6.64. The molecule has 2 rings (SSSR count). The van der Waals surface area contributed by atoms with Crippen LogP contribution in [0.25, 0.3) is 0 Å². The first kappa shape index (κ1) is 15.4. The molecule has 0 aromatic heterocycles. The van der Waals surface area contributed by atoms with Crippen molar-refractivity contribution in [1.82, 2.24) is 0 Å². The first-order valence-corrected chi connectivity index (χ1v) is 7.97. The number of rotatable bonds is 4. The highest BCUT2D eigenvalue weighted by molar-refractivity contribution is 9.10. The summed E-state index contributed by atoms with van der Waals surface area (Å²) in [6.45, 7) is 6.37. The minimum atomic E-state index is 0.396. The fourth-order valence-electron chi connectivity index (χ4n) is 2.09. The van der Waals surface area contributed by atoms with Crippen LogP contribution >= 0.6 is 27.5 Å². The van der Waals surface area contributed by atoms with Crippen LogP contribution in [0.5, 0.6) is 11.5 Å². The molecule has 3 heteroatoms. The lowest BCUT2D eigenvalue weighted by atomic mass is 10.0. The number of aryl methyl sites for hydroxylation is 1. The van der Waals surface area contributed by atoms with E-state index in [-0.39, 0.29) is 0 Å². The fourth-order valence-corrected chi connectivity index (χ4v) is 2.68. The molecule has 2 aromatic rings. The topological polar surface area (TPSA) is 9.23 Å². The fraction of sp³-hybridized carbons (Fsp3) is 0.294. The molecule has 0 saturated carbocycles. The zero-order chi connectivity index (χ0) is 14.7. The van der Waals surface area contributed by atoms with E-state index in [4.69, 9.17) is 16.3 Å². The van der Waals surface area contributed by atoms with Gasteiger partial charge < -0.3 is 4.74 Å². The van der Waals surface area contributed by atoms with Crippen molar-refractivity contribution in [3.05, 3.63) is 57.6 Å².